The summed E-state index contributed by atoms with van der Waals surface area (Å²) in [5.41, 5.74) is 0. The minimum Gasteiger partial charge on any atom is -0.462 e. The standard InChI is InChI=1S/C45H76O15/c1-3-5-7-9-11-12-13-14-15-16-17-18-19-20-22-24-26-28-37(48)58-33(30-55-36(47)27-25-23-21-10-8-6-4-2)31-56-44-43(54)41(52)39(50)35(60-44)32-57-45-42(53)40(51)38(49)34(29-46)59-45/h5,7,11-12,14-15,17-18,33-35,38-46,49-54H,3-4,6,8-10,13,16,19-32H2,1-2H3/b7-5-,12-11-,15-14-,18-17-. The molecule has 0 amide bonds. The first-order chi connectivity index (χ1) is 29.0. The lowest BCUT2D eigenvalue weighted by molar-refractivity contribution is -0.332. The van der Waals surface area contributed by atoms with Crippen LogP contribution in [0, 0.1) is 0 Å². The largest absolute Gasteiger partial charge is 0.462 e. The van der Waals surface area contributed by atoms with Gasteiger partial charge in [0.15, 0.2) is 18.7 Å². The molecule has 0 aromatic heterocycles. The average Bonchev–Trinajstić information content (AvgIpc) is 3.24. The van der Waals surface area contributed by atoms with Crippen molar-refractivity contribution in [2.45, 2.75) is 197 Å². The molecule has 0 aliphatic carbocycles. The molecule has 0 saturated carbocycles. The van der Waals surface area contributed by atoms with Gasteiger partial charge in [0, 0.05) is 12.8 Å². The smallest absolute Gasteiger partial charge is 0.306 e. The van der Waals surface area contributed by atoms with Crippen LogP contribution in [0.15, 0.2) is 48.6 Å². The Labute approximate surface area is 357 Å². The van der Waals surface area contributed by atoms with Crippen LogP contribution >= 0.6 is 0 Å². The summed E-state index contributed by atoms with van der Waals surface area (Å²) in [5.74, 6) is -0.965. The molecule has 15 nitrogen and oxygen atoms in total. The van der Waals surface area contributed by atoms with E-state index in [1.54, 1.807) is 0 Å². The molecule has 2 rings (SSSR count). The van der Waals surface area contributed by atoms with E-state index in [1.165, 1.54) is 12.8 Å². The van der Waals surface area contributed by atoms with Crippen molar-refractivity contribution in [3.63, 3.8) is 0 Å². The Balaban J connectivity index is 1.85. The van der Waals surface area contributed by atoms with Crippen LogP contribution < -0.4 is 0 Å². The van der Waals surface area contributed by atoms with E-state index in [4.69, 9.17) is 28.4 Å². The zero-order chi connectivity index (χ0) is 44.0. The number of rotatable bonds is 32. The second-order valence-corrected chi connectivity index (χ2v) is 15.5. The first kappa shape index (κ1) is 53.6. The van der Waals surface area contributed by atoms with Crippen molar-refractivity contribution in [1.29, 1.82) is 0 Å². The number of hydrogen-bond donors (Lipinski definition) is 7. The van der Waals surface area contributed by atoms with Gasteiger partial charge in [-0.1, -0.05) is 114 Å². The number of esters is 2. The van der Waals surface area contributed by atoms with Crippen molar-refractivity contribution >= 4 is 11.9 Å². The van der Waals surface area contributed by atoms with Crippen molar-refractivity contribution in [3.8, 4) is 0 Å². The maximum Gasteiger partial charge on any atom is 0.306 e. The van der Waals surface area contributed by atoms with Crippen LogP contribution in [0.25, 0.3) is 0 Å². The van der Waals surface area contributed by atoms with Crippen molar-refractivity contribution in [2.75, 3.05) is 26.4 Å². The molecule has 346 valence electrons. The number of ether oxygens (including phenoxy) is 6. The topological polar surface area (TPSA) is 231 Å². The lowest BCUT2D eigenvalue weighted by atomic mass is 9.98. The summed E-state index contributed by atoms with van der Waals surface area (Å²) < 4.78 is 33.3. The van der Waals surface area contributed by atoms with Crippen LogP contribution in [0.1, 0.15) is 129 Å². The highest BCUT2D eigenvalue weighted by Crippen LogP contribution is 2.26. The van der Waals surface area contributed by atoms with Crippen molar-refractivity contribution in [2.24, 2.45) is 0 Å². The second kappa shape index (κ2) is 33.1. The van der Waals surface area contributed by atoms with Gasteiger partial charge in [0.1, 0.15) is 55.4 Å². The molecule has 2 fully saturated rings. The minimum atomic E-state index is -1.77. The first-order valence-corrected chi connectivity index (χ1v) is 22.2. The fraction of sp³-hybridized carbons (Fsp3) is 0.778. The van der Waals surface area contributed by atoms with Crippen molar-refractivity contribution in [3.05, 3.63) is 48.6 Å². The second-order valence-electron chi connectivity index (χ2n) is 15.5. The SMILES string of the molecule is CC/C=C\C/C=C\C/C=C\C/C=C\CCCCCCC(=O)OC(COC(=O)CCCCCCCCC)COC1OC(COC2OC(CO)C(O)C(O)C2O)C(O)C(O)C1O. The molecule has 7 N–H and O–H groups in total. The summed E-state index contributed by atoms with van der Waals surface area (Å²) in [4.78, 5) is 25.5. The van der Waals surface area contributed by atoms with Gasteiger partial charge in [-0.05, 0) is 51.4 Å². The van der Waals surface area contributed by atoms with Gasteiger partial charge >= 0.3 is 11.9 Å². The van der Waals surface area contributed by atoms with E-state index in [9.17, 15) is 45.3 Å². The van der Waals surface area contributed by atoms with Crippen LogP contribution in [0.3, 0.4) is 0 Å². The van der Waals surface area contributed by atoms with E-state index in [-0.39, 0.29) is 19.4 Å². The monoisotopic (exact) mass is 857 g/mol. The fourth-order valence-corrected chi connectivity index (χ4v) is 6.62. The zero-order valence-corrected chi connectivity index (χ0v) is 35.9. The molecule has 0 aromatic rings. The normalized spacial score (nSPS) is 28.0. The number of aliphatic hydroxyl groups excluding tert-OH is 7. The Morgan fingerprint density at radius 2 is 1.05 bits per heavy atom. The number of carbonyl (C=O) groups is 2. The molecule has 2 aliphatic rings. The Hall–Kier alpha value is -2.54. The minimum absolute atomic E-state index is 0.136. The van der Waals surface area contributed by atoms with Crippen LogP contribution in [0.5, 0.6) is 0 Å². The van der Waals surface area contributed by atoms with Crippen LogP contribution in [0.2, 0.25) is 0 Å². The molecule has 0 spiro atoms. The third-order valence-electron chi connectivity index (χ3n) is 10.3. The Morgan fingerprint density at radius 1 is 0.550 bits per heavy atom. The van der Waals surface area contributed by atoms with Crippen molar-refractivity contribution < 1.29 is 73.8 Å². The molecule has 0 radical (unpaired) electrons. The molecule has 2 saturated heterocycles. The summed E-state index contributed by atoms with van der Waals surface area (Å²) >= 11 is 0. The Kier molecular flexibility index (Phi) is 29.5. The summed E-state index contributed by atoms with van der Waals surface area (Å²) in [6.07, 6.45) is 16.1. The number of hydrogen-bond acceptors (Lipinski definition) is 15. The number of aliphatic hydroxyl groups is 7. The fourth-order valence-electron chi connectivity index (χ4n) is 6.62. The van der Waals surface area contributed by atoms with E-state index in [2.05, 4.69) is 62.5 Å². The summed E-state index contributed by atoms with van der Waals surface area (Å²) in [7, 11) is 0. The quantitative estimate of drug-likeness (QED) is 0.0283. The van der Waals surface area contributed by atoms with Crippen molar-refractivity contribution in [1.82, 2.24) is 0 Å². The molecule has 2 heterocycles. The molecular formula is C45H76O15. The lowest BCUT2D eigenvalue weighted by Crippen LogP contribution is -2.61. The lowest BCUT2D eigenvalue weighted by Gasteiger charge is -2.42. The summed E-state index contributed by atoms with van der Waals surface area (Å²) in [6, 6.07) is 0. The molecule has 15 heteroatoms. The van der Waals surface area contributed by atoms with Gasteiger partial charge in [-0.3, -0.25) is 9.59 Å². The highest BCUT2D eigenvalue weighted by Gasteiger charge is 2.47. The molecule has 11 unspecified atom stereocenters. The highest BCUT2D eigenvalue weighted by atomic mass is 16.7. The third-order valence-corrected chi connectivity index (χ3v) is 10.3. The molecule has 0 bridgehead atoms. The third kappa shape index (κ3) is 22.0. The molecule has 0 aromatic carbocycles. The summed E-state index contributed by atoms with van der Waals surface area (Å²) in [5, 5.41) is 71.7. The van der Waals surface area contributed by atoms with Gasteiger partial charge in [-0.2, -0.15) is 0 Å². The predicted octanol–water partition coefficient (Wildman–Crippen LogP) is 4.37. The predicted molar refractivity (Wildman–Crippen MR) is 224 cm³/mol. The highest BCUT2D eigenvalue weighted by molar-refractivity contribution is 5.70. The van der Waals surface area contributed by atoms with Gasteiger partial charge < -0.3 is 64.2 Å². The van der Waals surface area contributed by atoms with E-state index >= 15 is 0 Å². The van der Waals surface area contributed by atoms with E-state index in [0.29, 0.717) is 12.8 Å². The van der Waals surface area contributed by atoms with Crippen LogP contribution in [-0.4, -0.2) is 142 Å². The first-order valence-electron chi connectivity index (χ1n) is 22.2. The summed E-state index contributed by atoms with van der Waals surface area (Å²) in [6.45, 7) is 2.36. The number of carbonyl (C=O) groups excluding carboxylic acids is 2. The molecule has 2 aliphatic heterocycles. The molecule has 11 atom stereocenters. The Morgan fingerprint density at radius 3 is 1.65 bits per heavy atom. The van der Waals surface area contributed by atoms with E-state index in [0.717, 1.165) is 77.0 Å². The van der Waals surface area contributed by atoms with Gasteiger partial charge in [0.05, 0.1) is 19.8 Å². The van der Waals surface area contributed by atoms with Gasteiger partial charge in [0.25, 0.3) is 0 Å². The molecular weight excluding hydrogens is 780 g/mol. The molecule has 60 heavy (non-hydrogen) atoms. The van der Waals surface area contributed by atoms with Gasteiger partial charge in [-0.25, -0.2) is 0 Å². The average molecular weight is 857 g/mol. The van der Waals surface area contributed by atoms with E-state index < -0.39 is 99.3 Å². The van der Waals surface area contributed by atoms with E-state index in [1.807, 2.05) is 0 Å². The van der Waals surface area contributed by atoms with Crippen LogP contribution in [-0.2, 0) is 38.0 Å². The van der Waals surface area contributed by atoms with Gasteiger partial charge in [0.2, 0.25) is 0 Å². The maximum atomic E-state index is 12.9. The number of unbranched alkanes of at least 4 members (excludes halogenated alkanes) is 10. The van der Waals surface area contributed by atoms with Crippen LogP contribution in [0.4, 0.5) is 0 Å². The zero-order valence-electron chi connectivity index (χ0n) is 35.9. The van der Waals surface area contributed by atoms with Gasteiger partial charge in [-0.15, -0.1) is 0 Å². The maximum absolute atomic E-state index is 12.9. The Bertz CT molecular complexity index is 1240. The number of allylic oxidation sites excluding steroid dienone is 8.